The minimum absolute atomic E-state index is 0.387. The van der Waals surface area contributed by atoms with Gasteiger partial charge >= 0.3 is 5.97 Å². The van der Waals surface area contributed by atoms with Crippen molar-refractivity contribution in [1.82, 2.24) is 4.57 Å². The number of hydrogen-bond donors (Lipinski definition) is 1. The van der Waals surface area contributed by atoms with Crippen LogP contribution in [0.1, 0.15) is 36.2 Å². The first-order valence-electron chi connectivity index (χ1n) is 5.03. The number of aliphatic carboxylic acids is 1. The van der Waals surface area contributed by atoms with E-state index in [4.69, 9.17) is 5.11 Å². The number of aryl methyl sites for hydroxylation is 2. The van der Waals surface area contributed by atoms with Gasteiger partial charge in [-0.05, 0) is 38.3 Å². The fraction of sp³-hybridized carbons (Fsp3) is 0.545. The molecular formula is C11H15NO2. The Bertz CT molecular complexity index is 379. The van der Waals surface area contributed by atoms with Crippen LogP contribution in [0.2, 0.25) is 0 Å². The maximum absolute atomic E-state index is 10.9. The zero-order valence-corrected chi connectivity index (χ0v) is 8.58. The van der Waals surface area contributed by atoms with Crippen LogP contribution in [0.15, 0.2) is 6.07 Å². The first kappa shape index (κ1) is 9.31. The number of carboxylic acid groups (broad SMARTS) is 1. The van der Waals surface area contributed by atoms with Crippen LogP contribution < -0.4 is 0 Å². The van der Waals surface area contributed by atoms with E-state index in [2.05, 4.69) is 10.6 Å². The number of rotatable bonds is 2. The summed E-state index contributed by atoms with van der Waals surface area (Å²) in [5, 5.41) is 9.00. The van der Waals surface area contributed by atoms with Crippen LogP contribution in [0.4, 0.5) is 0 Å². The van der Waals surface area contributed by atoms with E-state index in [0.29, 0.717) is 0 Å². The van der Waals surface area contributed by atoms with Gasteiger partial charge in [0, 0.05) is 17.9 Å². The maximum atomic E-state index is 10.9. The van der Waals surface area contributed by atoms with E-state index in [1.807, 2.05) is 6.92 Å². The fourth-order valence-electron chi connectivity index (χ4n) is 2.35. The third-order valence-electron chi connectivity index (χ3n) is 3.02. The smallest absolute Gasteiger partial charge is 0.312 e. The lowest BCUT2D eigenvalue weighted by atomic mass is 10.0. The Labute approximate surface area is 83.4 Å². The van der Waals surface area contributed by atoms with Crippen molar-refractivity contribution in [1.29, 1.82) is 0 Å². The Morgan fingerprint density at radius 2 is 2.36 bits per heavy atom. The highest BCUT2D eigenvalue weighted by Crippen LogP contribution is 2.28. The largest absolute Gasteiger partial charge is 0.481 e. The van der Waals surface area contributed by atoms with Gasteiger partial charge in [-0.25, -0.2) is 0 Å². The summed E-state index contributed by atoms with van der Waals surface area (Å²) in [6.45, 7) is 4.74. The molecule has 0 amide bonds. The fourth-order valence-corrected chi connectivity index (χ4v) is 2.35. The van der Waals surface area contributed by atoms with Crippen molar-refractivity contribution in [3.8, 4) is 0 Å². The monoisotopic (exact) mass is 193 g/mol. The predicted molar refractivity (Wildman–Crippen MR) is 53.5 cm³/mol. The average molecular weight is 193 g/mol. The van der Waals surface area contributed by atoms with Crippen molar-refractivity contribution in [2.24, 2.45) is 0 Å². The predicted octanol–water partition coefficient (Wildman–Crippen LogP) is 1.93. The van der Waals surface area contributed by atoms with E-state index in [-0.39, 0.29) is 5.92 Å². The molecule has 0 aliphatic carbocycles. The number of nitrogens with zero attached hydrogens (tertiary/aromatic N) is 1. The first-order chi connectivity index (χ1) is 6.61. The molecule has 0 aromatic carbocycles. The number of aromatic nitrogens is 1. The van der Waals surface area contributed by atoms with E-state index in [0.717, 1.165) is 30.6 Å². The Morgan fingerprint density at radius 3 is 3.00 bits per heavy atom. The van der Waals surface area contributed by atoms with Crippen LogP contribution in [-0.4, -0.2) is 15.6 Å². The number of hydrogen-bond acceptors (Lipinski definition) is 1. The second kappa shape index (κ2) is 3.15. The van der Waals surface area contributed by atoms with Gasteiger partial charge in [0.2, 0.25) is 0 Å². The molecule has 1 aliphatic heterocycles. The Balaban J connectivity index is 2.46. The molecule has 1 N–H and O–H groups in total. The maximum Gasteiger partial charge on any atom is 0.312 e. The van der Waals surface area contributed by atoms with Crippen LogP contribution in [0.5, 0.6) is 0 Å². The van der Waals surface area contributed by atoms with Crippen molar-refractivity contribution in [3.63, 3.8) is 0 Å². The zero-order chi connectivity index (χ0) is 10.3. The summed E-state index contributed by atoms with van der Waals surface area (Å²) >= 11 is 0. The van der Waals surface area contributed by atoms with Crippen molar-refractivity contribution in [2.75, 3.05) is 0 Å². The van der Waals surface area contributed by atoms with Crippen LogP contribution in [0, 0.1) is 6.92 Å². The van der Waals surface area contributed by atoms with E-state index in [9.17, 15) is 4.79 Å². The lowest BCUT2D eigenvalue weighted by Crippen LogP contribution is -2.13. The third kappa shape index (κ3) is 1.24. The molecule has 3 nitrogen and oxygen atoms in total. The highest BCUT2D eigenvalue weighted by molar-refractivity contribution is 5.75. The summed E-state index contributed by atoms with van der Waals surface area (Å²) in [6, 6.07) is 2.13. The SMILES string of the molecule is Cc1cc2n(c1C(C)C(=O)O)CCC2. The van der Waals surface area contributed by atoms with Crippen molar-refractivity contribution >= 4 is 5.97 Å². The molecule has 0 saturated heterocycles. The highest BCUT2D eigenvalue weighted by Gasteiger charge is 2.24. The summed E-state index contributed by atoms with van der Waals surface area (Å²) in [5.41, 5.74) is 3.41. The Kier molecular flexibility index (Phi) is 2.10. The molecule has 2 heterocycles. The van der Waals surface area contributed by atoms with Gasteiger partial charge in [0.1, 0.15) is 0 Å². The molecule has 2 rings (SSSR count). The van der Waals surface area contributed by atoms with Gasteiger partial charge < -0.3 is 9.67 Å². The summed E-state index contributed by atoms with van der Waals surface area (Å²) < 4.78 is 2.17. The molecule has 1 unspecified atom stereocenters. The molecule has 1 aromatic rings. The van der Waals surface area contributed by atoms with E-state index in [1.54, 1.807) is 6.92 Å². The summed E-state index contributed by atoms with van der Waals surface area (Å²) in [5.74, 6) is -1.12. The number of carboxylic acids is 1. The second-order valence-corrected chi connectivity index (χ2v) is 4.02. The molecule has 0 bridgehead atoms. The molecule has 76 valence electrons. The second-order valence-electron chi connectivity index (χ2n) is 4.02. The molecular weight excluding hydrogens is 178 g/mol. The van der Waals surface area contributed by atoms with E-state index >= 15 is 0 Å². The van der Waals surface area contributed by atoms with Gasteiger partial charge in [-0.2, -0.15) is 0 Å². The van der Waals surface area contributed by atoms with Crippen LogP contribution >= 0.6 is 0 Å². The molecule has 0 radical (unpaired) electrons. The van der Waals surface area contributed by atoms with Crippen LogP contribution in [0.3, 0.4) is 0 Å². The average Bonchev–Trinajstić information content (AvgIpc) is 2.62. The van der Waals surface area contributed by atoms with Crippen LogP contribution in [0.25, 0.3) is 0 Å². The van der Waals surface area contributed by atoms with Gasteiger partial charge in [0.15, 0.2) is 0 Å². The number of carbonyl (C=O) groups is 1. The molecule has 0 fully saturated rings. The topological polar surface area (TPSA) is 42.2 Å². The van der Waals surface area contributed by atoms with Crippen LogP contribution in [-0.2, 0) is 17.8 Å². The van der Waals surface area contributed by atoms with Gasteiger partial charge in [0.05, 0.1) is 5.92 Å². The standard InChI is InChI=1S/C11H15NO2/c1-7-6-9-4-3-5-12(9)10(7)8(2)11(13)14/h6,8H,3-5H2,1-2H3,(H,13,14). The normalized spacial score (nSPS) is 16.7. The molecule has 1 atom stereocenters. The molecule has 0 spiro atoms. The first-order valence-corrected chi connectivity index (χ1v) is 5.03. The van der Waals surface area contributed by atoms with Gasteiger partial charge in [-0.15, -0.1) is 0 Å². The highest BCUT2D eigenvalue weighted by atomic mass is 16.4. The van der Waals surface area contributed by atoms with E-state index < -0.39 is 5.97 Å². The molecule has 3 heteroatoms. The molecule has 0 saturated carbocycles. The summed E-state index contributed by atoms with van der Waals surface area (Å²) in [6.07, 6.45) is 2.24. The van der Waals surface area contributed by atoms with Gasteiger partial charge in [-0.3, -0.25) is 4.79 Å². The number of fused-ring (bicyclic) bond motifs is 1. The quantitative estimate of drug-likeness (QED) is 0.779. The lowest BCUT2D eigenvalue weighted by molar-refractivity contribution is -0.138. The van der Waals surface area contributed by atoms with Crippen molar-refractivity contribution in [3.05, 3.63) is 23.0 Å². The third-order valence-corrected chi connectivity index (χ3v) is 3.02. The Hall–Kier alpha value is -1.25. The molecule has 14 heavy (non-hydrogen) atoms. The van der Waals surface area contributed by atoms with E-state index in [1.165, 1.54) is 5.69 Å². The Morgan fingerprint density at radius 1 is 1.64 bits per heavy atom. The summed E-state index contributed by atoms with van der Waals surface area (Å²) in [4.78, 5) is 10.9. The molecule has 1 aromatic heterocycles. The zero-order valence-electron chi connectivity index (χ0n) is 8.58. The van der Waals surface area contributed by atoms with Gasteiger partial charge in [-0.1, -0.05) is 0 Å². The minimum atomic E-state index is -0.735. The van der Waals surface area contributed by atoms with Gasteiger partial charge in [0.25, 0.3) is 0 Å². The summed E-state index contributed by atoms with van der Waals surface area (Å²) in [7, 11) is 0. The van der Waals surface area contributed by atoms with Crippen molar-refractivity contribution in [2.45, 2.75) is 39.2 Å². The lowest BCUT2D eigenvalue weighted by Gasteiger charge is -2.11. The molecule has 1 aliphatic rings. The van der Waals surface area contributed by atoms with Crippen molar-refractivity contribution < 1.29 is 9.90 Å². The minimum Gasteiger partial charge on any atom is -0.481 e.